The van der Waals surface area contributed by atoms with Gasteiger partial charge in [-0.1, -0.05) is 0 Å². The third-order valence-corrected chi connectivity index (χ3v) is 2.39. The average molecular weight is 355 g/mol. The highest BCUT2D eigenvalue weighted by Gasteiger charge is 2.38. The van der Waals surface area contributed by atoms with Crippen molar-refractivity contribution < 1.29 is 45.0 Å². The highest BCUT2D eigenvalue weighted by Crippen LogP contribution is 2.36. The van der Waals surface area contributed by atoms with Crippen molar-refractivity contribution in [1.29, 1.82) is 0 Å². The van der Waals surface area contributed by atoms with Crippen LogP contribution in [-0.2, 0) is 10.9 Å². The standard InChI is InChI=1S/C11H6ClF7O3/c1-4(22-11(17,18)19)21-6-3-2-5(10(14,15)16)8(13)7(6)9(12)20/h2-4H,1H3. The van der Waals surface area contributed by atoms with Crippen molar-refractivity contribution in [1.82, 2.24) is 0 Å². The predicted molar refractivity (Wildman–Crippen MR) is 58.8 cm³/mol. The Balaban J connectivity index is 3.22. The van der Waals surface area contributed by atoms with E-state index in [4.69, 9.17) is 11.6 Å². The number of hydrogen-bond donors (Lipinski definition) is 0. The fourth-order valence-corrected chi connectivity index (χ4v) is 1.63. The zero-order valence-corrected chi connectivity index (χ0v) is 11.2. The fraction of sp³-hybridized carbons (Fsp3) is 0.364. The van der Waals surface area contributed by atoms with E-state index >= 15 is 0 Å². The Labute approximate surface area is 123 Å². The Hall–Kier alpha value is -1.55. The van der Waals surface area contributed by atoms with Crippen LogP contribution in [0.5, 0.6) is 5.75 Å². The van der Waals surface area contributed by atoms with Crippen molar-refractivity contribution >= 4 is 16.8 Å². The third kappa shape index (κ3) is 4.73. The second kappa shape index (κ2) is 6.29. The van der Waals surface area contributed by atoms with E-state index in [0.717, 1.165) is 6.92 Å². The SMILES string of the molecule is CC(Oc1ccc(C(F)(F)F)c(F)c1C(=O)Cl)OC(F)(F)F. The van der Waals surface area contributed by atoms with Gasteiger partial charge in [0.2, 0.25) is 6.29 Å². The van der Waals surface area contributed by atoms with Gasteiger partial charge in [-0.05, 0) is 30.7 Å². The van der Waals surface area contributed by atoms with Crippen molar-refractivity contribution in [3.63, 3.8) is 0 Å². The first-order valence-electron chi connectivity index (χ1n) is 5.33. The molecular formula is C11H6ClF7O3. The first-order chi connectivity index (χ1) is 9.83. The largest absolute Gasteiger partial charge is 0.525 e. The van der Waals surface area contributed by atoms with Gasteiger partial charge in [-0.3, -0.25) is 9.53 Å². The minimum absolute atomic E-state index is 0.203. The van der Waals surface area contributed by atoms with Gasteiger partial charge in [0.25, 0.3) is 5.24 Å². The number of benzene rings is 1. The van der Waals surface area contributed by atoms with Crippen LogP contribution < -0.4 is 4.74 Å². The van der Waals surface area contributed by atoms with E-state index in [1.54, 1.807) is 0 Å². The summed E-state index contributed by atoms with van der Waals surface area (Å²) < 4.78 is 94.9. The molecule has 124 valence electrons. The monoisotopic (exact) mass is 354 g/mol. The van der Waals surface area contributed by atoms with Crippen LogP contribution in [0.3, 0.4) is 0 Å². The Morgan fingerprint density at radius 2 is 1.73 bits per heavy atom. The summed E-state index contributed by atoms with van der Waals surface area (Å²) in [6.45, 7) is 0.742. The molecule has 0 radical (unpaired) electrons. The zero-order chi connectivity index (χ0) is 17.3. The Bertz CT molecular complexity index is 568. The molecule has 0 N–H and O–H groups in total. The molecule has 3 nitrogen and oxygen atoms in total. The number of rotatable bonds is 4. The summed E-state index contributed by atoms with van der Waals surface area (Å²) in [5, 5.41) is -1.67. The normalized spacial score (nSPS) is 13.9. The molecule has 0 saturated heterocycles. The number of carbonyl (C=O) groups is 1. The van der Waals surface area contributed by atoms with Gasteiger partial charge in [-0.25, -0.2) is 4.39 Å². The van der Waals surface area contributed by atoms with Crippen LogP contribution in [0.15, 0.2) is 12.1 Å². The van der Waals surface area contributed by atoms with Crippen LogP contribution in [0.25, 0.3) is 0 Å². The minimum Gasteiger partial charge on any atom is -0.464 e. The lowest BCUT2D eigenvalue weighted by Gasteiger charge is -2.19. The predicted octanol–water partition coefficient (Wildman–Crippen LogP) is 4.48. The average Bonchev–Trinajstić information content (AvgIpc) is 2.23. The lowest BCUT2D eigenvalue weighted by Crippen LogP contribution is -2.26. The molecule has 0 aromatic heterocycles. The molecule has 0 saturated carbocycles. The molecule has 1 aromatic carbocycles. The Kier molecular flexibility index (Phi) is 5.29. The van der Waals surface area contributed by atoms with E-state index in [0.29, 0.717) is 6.07 Å². The van der Waals surface area contributed by atoms with Gasteiger partial charge in [0.15, 0.2) is 5.82 Å². The highest BCUT2D eigenvalue weighted by atomic mass is 35.5. The van der Waals surface area contributed by atoms with Crippen LogP contribution >= 0.6 is 11.6 Å². The number of hydrogen-bond acceptors (Lipinski definition) is 3. The van der Waals surface area contributed by atoms with Gasteiger partial charge in [-0.15, -0.1) is 13.2 Å². The molecule has 1 rings (SSSR count). The fourth-order valence-electron chi connectivity index (χ4n) is 1.45. The van der Waals surface area contributed by atoms with Gasteiger partial charge < -0.3 is 4.74 Å². The summed E-state index contributed by atoms with van der Waals surface area (Å²) in [5.74, 6) is -2.97. The molecular weight excluding hydrogens is 349 g/mol. The number of halogens is 8. The molecule has 0 aliphatic rings. The Morgan fingerprint density at radius 1 is 1.18 bits per heavy atom. The van der Waals surface area contributed by atoms with Crippen molar-refractivity contribution in [3.05, 3.63) is 29.1 Å². The first-order valence-corrected chi connectivity index (χ1v) is 5.71. The summed E-state index contributed by atoms with van der Waals surface area (Å²) in [6, 6.07) is 0.673. The summed E-state index contributed by atoms with van der Waals surface area (Å²) in [6.07, 6.45) is -12.3. The third-order valence-electron chi connectivity index (χ3n) is 2.20. The quantitative estimate of drug-likeness (QED) is 0.454. The van der Waals surface area contributed by atoms with Crippen molar-refractivity contribution in [2.75, 3.05) is 0 Å². The van der Waals surface area contributed by atoms with E-state index in [2.05, 4.69) is 9.47 Å². The van der Waals surface area contributed by atoms with E-state index in [1.807, 2.05) is 0 Å². The molecule has 0 fully saturated rings. The van der Waals surface area contributed by atoms with Crippen molar-refractivity contribution in [3.8, 4) is 5.75 Å². The van der Waals surface area contributed by atoms with Crippen molar-refractivity contribution in [2.24, 2.45) is 0 Å². The number of carbonyl (C=O) groups excluding carboxylic acids is 1. The van der Waals surface area contributed by atoms with Crippen molar-refractivity contribution in [2.45, 2.75) is 25.8 Å². The molecule has 1 aromatic rings. The van der Waals surface area contributed by atoms with Crippen LogP contribution in [-0.4, -0.2) is 17.9 Å². The van der Waals surface area contributed by atoms with Crippen LogP contribution in [0.1, 0.15) is 22.8 Å². The molecule has 0 amide bonds. The van der Waals surface area contributed by atoms with E-state index in [1.165, 1.54) is 0 Å². The lowest BCUT2D eigenvalue weighted by atomic mass is 10.1. The maximum atomic E-state index is 13.7. The molecule has 0 spiro atoms. The Morgan fingerprint density at radius 3 is 2.14 bits per heavy atom. The molecule has 11 heteroatoms. The number of ether oxygens (including phenoxy) is 2. The lowest BCUT2D eigenvalue weighted by molar-refractivity contribution is -0.363. The maximum absolute atomic E-state index is 13.7. The molecule has 22 heavy (non-hydrogen) atoms. The zero-order valence-electron chi connectivity index (χ0n) is 10.5. The second-order valence-corrected chi connectivity index (χ2v) is 4.16. The summed E-state index contributed by atoms with van der Waals surface area (Å²) in [7, 11) is 0. The van der Waals surface area contributed by atoms with Crippen LogP contribution in [0.4, 0.5) is 30.7 Å². The van der Waals surface area contributed by atoms with Gasteiger partial charge in [0, 0.05) is 0 Å². The summed E-state index contributed by atoms with van der Waals surface area (Å²) in [4.78, 5) is 11.0. The molecule has 0 aliphatic carbocycles. The summed E-state index contributed by atoms with van der Waals surface area (Å²) >= 11 is 4.96. The first kappa shape index (κ1) is 18.5. The van der Waals surface area contributed by atoms with Gasteiger partial charge >= 0.3 is 12.5 Å². The topological polar surface area (TPSA) is 35.5 Å². The van der Waals surface area contributed by atoms with Gasteiger partial charge in [-0.2, -0.15) is 13.2 Å². The maximum Gasteiger partial charge on any atom is 0.525 e. The van der Waals surface area contributed by atoms with Gasteiger partial charge in [0.1, 0.15) is 11.3 Å². The number of alkyl halides is 6. The smallest absolute Gasteiger partial charge is 0.464 e. The van der Waals surface area contributed by atoms with E-state index in [9.17, 15) is 35.5 Å². The molecule has 0 bridgehead atoms. The van der Waals surface area contributed by atoms with E-state index < -0.39 is 46.8 Å². The second-order valence-electron chi connectivity index (χ2n) is 3.82. The van der Waals surface area contributed by atoms with E-state index in [-0.39, 0.29) is 6.07 Å². The molecule has 0 aliphatic heterocycles. The van der Waals surface area contributed by atoms with Gasteiger partial charge in [0.05, 0.1) is 5.56 Å². The summed E-state index contributed by atoms with van der Waals surface area (Å²) in [5.41, 5.74) is -3.15. The highest BCUT2D eigenvalue weighted by molar-refractivity contribution is 6.68. The minimum atomic E-state index is -5.13. The molecule has 1 atom stereocenters. The molecule has 0 heterocycles. The molecule has 1 unspecified atom stereocenters. The van der Waals surface area contributed by atoms with Crippen LogP contribution in [0, 0.1) is 5.82 Å². The van der Waals surface area contributed by atoms with Crippen LogP contribution in [0.2, 0.25) is 0 Å².